The van der Waals surface area contributed by atoms with Gasteiger partial charge in [0.1, 0.15) is 11.9 Å². The van der Waals surface area contributed by atoms with Crippen molar-refractivity contribution < 1.29 is 9.84 Å². The second kappa shape index (κ2) is 6.74. The molecular weight excluding hydrogens is 389 g/mol. The van der Waals surface area contributed by atoms with Gasteiger partial charge in [-0.05, 0) is 66.3 Å². The lowest BCUT2D eigenvalue weighted by Crippen LogP contribution is -2.07. The van der Waals surface area contributed by atoms with Crippen LogP contribution in [0.3, 0.4) is 0 Å². The van der Waals surface area contributed by atoms with Gasteiger partial charge in [-0.3, -0.25) is 4.98 Å². The zero-order valence-corrected chi connectivity index (χ0v) is 14.1. The van der Waals surface area contributed by atoms with Gasteiger partial charge in [-0.1, -0.05) is 11.6 Å². The summed E-state index contributed by atoms with van der Waals surface area (Å²) in [6.45, 7) is 3.89. The summed E-state index contributed by atoms with van der Waals surface area (Å²) in [7, 11) is 0. The van der Waals surface area contributed by atoms with Crippen molar-refractivity contribution in [2.45, 2.75) is 26.1 Å². The number of pyridine rings is 1. The third kappa shape index (κ3) is 3.84. The average Bonchev–Trinajstić information content (AvgIpc) is 2.40. The van der Waals surface area contributed by atoms with E-state index in [-0.39, 0.29) is 6.10 Å². The number of benzene rings is 1. The standard InChI is InChI=1S/C15H15ClINO2/c1-9(2)20-12-5-10(7-18-8-12)15(19)13-6-11(16)3-4-14(13)17/h3-9,15,19H,1-2H3. The number of rotatable bonds is 4. The Kier molecular flexibility index (Phi) is 5.23. The Morgan fingerprint density at radius 2 is 2.00 bits per heavy atom. The number of aliphatic hydroxyl groups excluding tert-OH is 1. The summed E-state index contributed by atoms with van der Waals surface area (Å²) in [5, 5.41) is 11.1. The molecule has 0 radical (unpaired) electrons. The molecule has 0 aliphatic carbocycles. The third-order valence-electron chi connectivity index (χ3n) is 2.67. The van der Waals surface area contributed by atoms with Crippen molar-refractivity contribution in [2.75, 3.05) is 0 Å². The molecule has 106 valence electrons. The molecule has 1 aromatic carbocycles. The van der Waals surface area contributed by atoms with Gasteiger partial charge < -0.3 is 9.84 Å². The van der Waals surface area contributed by atoms with Crippen LogP contribution in [0.4, 0.5) is 0 Å². The summed E-state index contributed by atoms with van der Waals surface area (Å²) in [5.41, 5.74) is 1.45. The van der Waals surface area contributed by atoms with Gasteiger partial charge in [0.15, 0.2) is 0 Å². The summed E-state index contributed by atoms with van der Waals surface area (Å²) >= 11 is 8.17. The molecule has 0 amide bonds. The molecule has 1 atom stereocenters. The summed E-state index contributed by atoms with van der Waals surface area (Å²) in [6, 6.07) is 7.25. The smallest absolute Gasteiger partial charge is 0.138 e. The highest BCUT2D eigenvalue weighted by Crippen LogP contribution is 2.29. The van der Waals surface area contributed by atoms with E-state index in [1.807, 2.05) is 19.9 Å². The van der Waals surface area contributed by atoms with Gasteiger partial charge in [0.2, 0.25) is 0 Å². The highest BCUT2D eigenvalue weighted by atomic mass is 127. The SMILES string of the molecule is CC(C)Oc1cncc(C(O)c2cc(Cl)ccc2I)c1. The van der Waals surface area contributed by atoms with Gasteiger partial charge in [-0.2, -0.15) is 0 Å². The van der Waals surface area contributed by atoms with E-state index >= 15 is 0 Å². The van der Waals surface area contributed by atoms with Crippen molar-refractivity contribution in [3.8, 4) is 5.75 Å². The van der Waals surface area contributed by atoms with Crippen molar-refractivity contribution >= 4 is 34.2 Å². The van der Waals surface area contributed by atoms with E-state index in [1.165, 1.54) is 0 Å². The molecule has 2 rings (SSSR count). The first-order chi connectivity index (χ1) is 9.47. The van der Waals surface area contributed by atoms with Crippen LogP contribution < -0.4 is 4.74 Å². The number of aliphatic hydroxyl groups is 1. The number of halogens is 2. The van der Waals surface area contributed by atoms with Crippen LogP contribution in [0.25, 0.3) is 0 Å². The summed E-state index contributed by atoms with van der Waals surface area (Å²) in [5.74, 6) is 0.647. The molecular formula is C15H15ClINO2. The minimum absolute atomic E-state index is 0.0653. The monoisotopic (exact) mass is 403 g/mol. The lowest BCUT2D eigenvalue weighted by Gasteiger charge is -2.15. The molecule has 20 heavy (non-hydrogen) atoms. The van der Waals surface area contributed by atoms with E-state index in [0.29, 0.717) is 16.3 Å². The molecule has 0 saturated heterocycles. The number of nitrogens with zero attached hydrogens (tertiary/aromatic N) is 1. The zero-order chi connectivity index (χ0) is 14.7. The van der Waals surface area contributed by atoms with Crippen molar-refractivity contribution in [3.63, 3.8) is 0 Å². The molecule has 0 fully saturated rings. The van der Waals surface area contributed by atoms with E-state index in [9.17, 15) is 5.11 Å². The van der Waals surface area contributed by atoms with Crippen molar-refractivity contribution in [3.05, 3.63) is 56.4 Å². The number of hydrogen-bond acceptors (Lipinski definition) is 3. The van der Waals surface area contributed by atoms with Gasteiger partial charge in [0.05, 0.1) is 12.3 Å². The molecule has 0 bridgehead atoms. The first-order valence-electron chi connectivity index (χ1n) is 6.22. The van der Waals surface area contributed by atoms with Gasteiger partial charge in [0, 0.05) is 20.4 Å². The highest BCUT2D eigenvalue weighted by Gasteiger charge is 2.15. The minimum Gasteiger partial charge on any atom is -0.489 e. The Hall–Kier alpha value is -0.850. The van der Waals surface area contributed by atoms with Crippen molar-refractivity contribution in [2.24, 2.45) is 0 Å². The van der Waals surface area contributed by atoms with Gasteiger partial charge in [0.25, 0.3) is 0 Å². The zero-order valence-electron chi connectivity index (χ0n) is 11.2. The largest absolute Gasteiger partial charge is 0.489 e. The van der Waals surface area contributed by atoms with Crippen LogP contribution >= 0.6 is 34.2 Å². The molecule has 1 unspecified atom stereocenters. The summed E-state index contributed by atoms with van der Waals surface area (Å²) < 4.78 is 6.55. The van der Waals surface area contributed by atoms with Crippen molar-refractivity contribution in [1.82, 2.24) is 4.98 Å². The Balaban J connectivity index is 2.33. The quantitative estimate of drug-likeness (QED) is 0.778. The maximum absolute atomic E-state index is 10.5. The molecule has 1 heterocycles. The van der Waals surface area contributed by atoms with E-state index in [4.69, 9.17) is 16.3 Å². The van der Waals surface area contributed by atoms with Gasteiger partial charge in [-0.25, -0.2) is 0 Å². The normalized spacial score (nSPS) is 12.5. The van der Waals surface area contributed by atoms with Gasteiger partial charge in [-0.15, -0.1) is 0 Å². The first kappa shape index (κ1) is 15.5. The molecule has 0 saturated carbocycles. The lowest BCUT2D eigenvalue weighted by molar-refractivity contribution is 0.215. The van der Waals surface area contributed by atoms with Crippen LogP contribution in [-0.2, 0) is 0 Å². The number of ether oxygens (including phenoxy) is 1. The minimum atomic E-state index is -0.774. The lowest BCUT2D eigenvalue weighted by atomic mass is 10.0. The Labute approximate surface area is 137 Å². The Bertz CT molecular complexity index is 604. The summed E-state index contributed by atoms with van der Waals surface area (Å²) in [4.78, 5) is 4.12. The summed E-state index contributed by atoms with van der Waals surface area (Å²) in [6.07, 6.45) is 2.56. The average molecular weight is 404 g/mol. The maximum Gasteiger partial charge on any atom is 0.138 e. The second-order valence-corrected chi connectivity index (χ2v) is 6.29. The third-order valence-corrected chi connectivity index (χ3v) is 3.89. The number of aromatic nitrogens is 1. The molecule has 5 heteroatoms. The Morgan fingerprint density at radius 3 is 2.70 bits per heavy atom. The molecule has 0 spiro atoms. The van der Waals surface area contributed by atoms with Crippen LogP contribution in [-0.4, -0.2) is 16.2 Å². The van der Waals surface area contributed by atoms with E-state index in [2.05, 4.69) is 27.6 Å². The van der Waals surface area contributed by atoms with Crippen LogP contribution in [0.15, 0.2) is 36.7 Å². The predicted molar refractivity (Wildman–Crippen MR) is 88.2 cm³/mol. The fraction of sp³-hybridized carbons (Fsp3) is 0.267. The fourth-order valence-electron chi connectivity index (χ4n) is 1.83. The van der Waals surface area contributed by atoms with E-state index in [1.54, 1.807) is 30.6 Å². The Morgan fingerprint density at radius 1 is 1.25 bits per heavy atom. The number of hydrogen-bond donors (Lipinski definition) is 1. The molecule has 1 N–H and O–H groups in total. The highest BCUT2D eigenvalue weighted by molar-refractivity contribution is 14.1. The predicted octanol–water partition coefficient (Wildman–Crippen LogP) is 4.21. The van der Waals surface area contributed by atoms with Crippen LogP contribution in [0.1, 0.15) is 31.1 Å². The maximum atomic E-state index is 10.5. The molecule has 3 nitrogen and oxygen atoms in total. The fourth-order valence-corrected chi connectivity index (χ4v) is 2.64. The molecule has 1 aromatic heterocycles. The van der Waals surface area contributed by atoms with E-state index < -0.39 is 6.10 Å². The molecule has 0 aliphatic rings. The van der Waals surface area contributed by atoms with Crippen molar-refractivity contribution in [1.29, 1.82) is 0 Å². The van der Waals surface area contributed by atoms with Crippen LogP contribution in [0.5, 0.6) is 5.75 Å². The van der Waals surface area contributed by atoms with Crippen LogP contribution in [0, 0.1) is 3.57 Å². The molecule has 0 aliphatic heterocycles. The molecule has 2 aromatic rings. The first-order valence-corrected chi connectivity index (χ1v) is 7.67. The van der Waals surface area contributed by atoms with Crippen LogP contribution in [0.2, 0.25) is 5.02 Å². The topological polar surface area (TPSA) is 42.4 Å². The van der Waals surface area contributed by atoms with Gasteiger partial charge >= 0.3 is 0 Å². The second-order valence-electron chi connectivity index (χ2n) is 4.69. The van der Waals surface area contributed by atoms with E-state index in [0.717, 1.165) is 9.13 Å².